The zero-order valence-corrected chi connectivity index (χ0v) is 9.31. The Bertz CT molecular complexity index is 336. The predicted molar refractivity (Wildman–Crippen MR) is 55.6 cm³/mol. The first-order valence-corrected chi connectivity index (χ1v) is 5.22. The van der Waals surface area contributed by atoms with Crippen LogP contribution in [0.4, 0.5) is 0 Å². The minimum atomic E-state index is -0.218. The Morgan fingerprint density at radius 3 is 2.71 bits per heavy atom. The summed E-state index contributed by atoms with van der Waals surface area (Å²) in [6.07, 6.45) is 0. The fraction of sp³-hybridized carbons (Fsp3) is 0.556. The molecule has 0 aliphatic heterocycles. The molecule has 5 heteroatoms. The summed E-state index contributed by atoms with van der Waals surface area (Å²) in [6, 6.07) is -0.218. The molecule has 78 valence electrons. The van der Waals surface area contributed by atoms with Crippen LogP contribution in [0.25, 0.3) is 0 Å². The van der Waals surface area contributed by atoms with Gasteiger partial charge in [-0.2, -0.15) is 0 Å². The van der Waals surface area contributed by atoms with Crippen molar-refractivity contribution in [2.24, 2.45) is 0 Å². The van der Waals surface area contributed by atoms with Crippen molar-refractivity contribution < 1.29 is 9.90 Å². The van der Waals surface area contributed by atoms with Gasteiger partial charge >= 0.3 is 0 Å². The maximum atomic E-state index is 11.6. The molecule has 0 aliphatic carbocycles. The average Bonchev–Trinajstić information content (AvgIpc) is 2.45. The second-order valence-corrected chi connectivity index (χ2v) is 4.41. The highest BCUT2D eigenvalue weighted by molar-refractivity contribution is 7.13. The lowest BCUT2D eigenvalue weighted by Gasteiger charge is -2.09. The topological polar surface area (TPSA) is 62.2 Å². The van der Waals surface area contributed by atoms with Gasteiger partial charge in [0.25, 0.3) is 5.91 Å². The quantitative estimate of drug-likeness (QED) is 0.785. The van der Waals surface area contributed by atoms with Gasteiger partial charge in [-0.1, -0.05) is 0 Å². The number of thiazole rings is 1. The van der Waals surface area contributed by atoms with Crippen LogP contribution in [0, 0.1) is 13.8 Å². The van der Waals surface area contributed by atoms with Crippen LogP contribution in [0.2, 0.25) is 0 Å². The molecule has 14 heavy (non-hydrogen) atoms. The van der Waals surface area contributed by atoms with E-state index in [2.05, 4.69) is 10.3 Å². The van der Waals surface area contributed by atoms with Gasteiger partial charge < -0.3 is 10.4 Å². The summed E-state index contributed by atoms with van der Waals surface area (Å²) in [5.41, 5.74) is 0.745. The van der Waals surface area contributed by atoms with Crippen molar-refractivity contribution in [3.63, 3.8) is 0 Å². The summed E-state index contributed by atoms with van der Waals surface area (Å²) in [6.45, 7) is 5.37. The maximum Gasteiger partial charge on any atom is 0.263 e. The largest absolute Gasteiger partial charge is 0.394 e. The number of carbonyl (C=O) groups excluding carboxylic acids is 1. The van der Waals surface area contributed by atoms with Crippen LogP contribution in [-0.2, 0) is 0 Å². The van der Waals surface area contributed by atoms with Crippen LogP contribution in [0.3, 0.4) is 0 Å². The Labute approximate surface area is 87.0 Å². The zero-order valence-electron chi connectivity index (χ0n) is 8.50. The lowest BCUT2D eigenvalue weighted by Crippen LogP contribution is -2.34. The normalized spacial score (nSPS) is 12.6. The summed E-state index contributed by atoms with van der Waals surface area (Å²) in [7, 11) is 0. The number of amides is 1. The number of rotatable bonds is 3. The summed E-state index contributed by atoms with van der Waals surface area (Å²) in [4.78, 5) is 16.4. The smallest absolute Gasteiger partial charge is 0.263 e. The number of nitrogens with one attached hydrogen (secondary N) is 1. The minimum absolute atomic E-state index is 0.0530. The van der Waals surface area contributed by atoms with Crippen LogP contribution in [0.1, 0.15) is 27.3 Å². The van der Waals surface area contributed by atoms with Gasteiger partial charge in [0.2, 0.25) is 0 Å². The molecule has 1 amide bonds. The molecule has 0 saturated heterocycles. The van der Waals surface area contributed by atoms with Crippen molar-refractivity contribution >= 4 is 17.2 Å². The predicted octanol–water partition coefficient (Wildman–Crippen LogP) is 0.871. The molecule has 1 rings (SSSR count). The van der Waals surface area contributed by atoms with E-state index in [1.165, 1.54) is 11.3 Å². The summed E-state index contributed by atoms with van der Waals surface area (Å²) in [5, 5.41) is 12.3. The van der Waals surface area contributed by atoms with Gasteiger partial charge in [0.05, 0.1) is 17.3 Å². The van der Waals surface area contributed by atoms with E-state index in [9.17, 15) is 4.79 Å². The molecule has 1 aromatic rings. The molecule has 0 aliphatic rings. The van der Waals surface area contributed by atoms with E-state index in [0.717, 1.165) is 10.7 Å². The first-order chi connectivity index (χ1) is 6.54. The van der Waals surface area contributed by atoms with E-state index in [-0.39, 0.29) is 18.6 Å². The molecule has 0 aromatic carbocycles. The molecule has 0 radical (unpaired) electrons. The Morgan fingerprint density at radius 1 is 1.64 bits per heavy atom. The average molecular weight is 214 g/mol. The highest BCUT2D eigenvalue weighted by atomic mass is 32.1. The van der Waals surface area contributed by atoms with Gasteiger partial charge in [-0.05, 0) is 20.8 Å². The molecule has 0 unspecified atom stereocenters. The third-order valence-electron chi connectivity index (χ3n) is 1.76. The van der Waals surface area contributed by atoms with Gasteiger partial charge in [0.15, 0.2) is 0 Å². The van der Waals surface area contributed by atoms with Gasteiger partial charge in [-0.25, -0.2) is 4.98 Å². The number of hydrogen-bond acceptors (Lipinski definition) is 4. The molecule has 0 fully saturated rings. The standard InChI is InChI=1S/C9H14N2O2S/c1-5(4-12)10-9(13)8-6(2)11-7(3)14-8/h5,12H,4H2,1-3H3,(H,10,13)/t5-/m1/s1. The number of aromatic nitrogens is 1. The van der Waals surface area contributed by atoms with E-state index >= 15 is 0 Å². The Morgan fingerprint density at radius 2 is 2.29 bits per heavy atom. The van der Waals surface area contributed by atoms with Crippen LogP contribution in [0.5, 0.6) is 0 Å². The molecule has 1 atom stereocenters. The van der Waals surface area contributed by atoms with E-state index < -0.39 is 0 Å². The monoisotopic (exact) mass is 214 g/mol. The van der Waals surface area contributed by atoms with Crippen LogP contribution in [-0.4, -0.2) is 28.6 Å². The van der Waals surface area contributed by atoms with Gasteiger partial charge in [-0.15, -0.1) is 11.3 Å². The van der Waals surface area contributed by atoms with E-state index in [4.69, 9.17) is 5.11 Å². The molecule has 0 saturated carbocycles. The first kappa shape index (κ1) is 11.1. The van der Waals surface area contributed by atoms with Crippen molar-refractivity contribution in [3.8, 4) is 0 Å². The molecule has 0 spiro atoms. The second kappa shape index (κ2) is 4.52. The Hall–Kier alpha value is -0.940. The second-order valence-electron chi connectivity index (χ2n) is 3.20. The van der Waals surface area contributed by atoms with Crippen molar-refractivity contribution in [2.45, 2.75) is 26.8 Å². The Kier molecular flexibility index (Phi) is 3.60. The number of carbonyl (C=O) groups is 1. The van der Waals surface area contributed by atoms with Crippen LogP contribution >= 0.6 is 11.3 Å². The fourth-order valence-electron chi connectivity index (χ4n) is 1.08. The van der Waals surface area contributed by atoms with E-state index in [1.54, 1.807) is 6.92 Å². The highest BCUT2D eigenvalue weighted by Crippen LogP contribution is 2.16. The van der Waals surface area contributed by atoms with Gasteiger partial charge in [-0.3, -0.25) is 4.79 Å². The maximum absolute atomic E-state index is 11.6. The third-order valence-corrected chi connectivity index (χ3v) is 2.83. The van der Waals surface area contributed by atoms with Gasteiger partial charge in [0, 0.05) is 6.04 Å². The van der Waals surface area contributed by atoms with Crippen molar-refractivity contribution in [3.05, 3.63) is 15.6 Å². The lowest BCUT2D eigenvalue weighted by atomic mass is 10.3. The van der Waals surface area contributed by atoms with Crippen molar-refractivity contribution in [2.75, 3.05) is 6.61 Å². The molecular weight excluding hydrogens is 200 g/mol. The molecule has 1 heterocycles. The number of hydrogen-bond donors (Lipinski definition) is 2. The molecule has 1 aromatic heterocycles. The molecule has 4 nitrogen and oxygen atoms in total. The summed E-state index contributed by atoms with van der Waals surface area (Å²) < 4.78 is 0. The summed E-state index contributed by atoms with van der Waals surface area (Å²) in [5.74, 6) is -0.158. The summed E-state index contributed by atoms with van der Waals surface area (Å²) >= 11 is 1.37. The van der Waals surface area contributed by atoms with Crippen LogP contribution in [0.15, 0.2) is 0 Å². The van der Waals surface area contributed by atoms with E-state index in [1.807, 2.05) is 13.8 Å². The molecular formula is C9H14N2O2S. The molecule has 2 N–H and O–H groups in total. The third kappa shape index (κ3) is 2.52. The first-order valence-electron chi connectivity index (χ1n) is 4.40. The van der Waals surface area contributed by atoms with Crippen LogP contribution < -0.4 is 5.32 Å². The van der Waals surface area contributed by atoms with E-state index in [0.29, 0.717) is 4.88 Å². The fourth-order valence-corrected chi connectivity index (χ4v) is 1.90. The van der Waals surface area contributed by atoms with Crippen molar-refractivity contribution in [1.82, 2.24) is 10.3 Å². The number of nitrogens with zero attached hydrogens (tertiary/aromatic N) is 1. The SMILES string of the molecule is Cc1nc(C)c(C(=O)N[C@H](C)CO)s1. The highest BCUT2D eigenvalue weighted by Gasteiger charge is 2.14. The van der Waals surface area contributed by atoms with Gasteiger partial charge in [0.1, 0.15) is 4.88 Å². The minimum Gasteiger partial charge on any atom is -0.394 e. The van der Waals surface area contributed by atoms with Crippen molar-refractivity contribution in [1.29, 1.82) is 0 Å². The number of aliphatic hydroxyl groups excluding tert-OH is 1. The number of aryl methyl sites for hydroxylation is 2. The zero-order chi connectivity index (χ0) is 10.7. The lowest BCUT2D eigenvalue weighted by molar-refractivity contribution is 0.0925. The Balaban J connectivity index is 2.74. The molecule has 0 bridgehead atoms. The number of aliphatic hydroxyl groups is 1.